The number of nitrogens with one attached hydrogen (secondary N) is 1. The van der Waals surface area contributed by atoms with E-state index in [1.165, 1.54) is 0 Å². The van der Waals surface area contributed by atoms with E-state index in [9.17, 15) is 0 Å². The number of hydrogen-bond acceptors (Lipinski definition) is 5. The maximum atomic E-state index is 5.08. The molecule has 1 aromatic rings. The number of pyridine rings is 1. The minimum absolute atomic E-state index is 0.193. The highest BCUT2D eigenvalue weighted by molar-refractivity contribution is 8.14. The fourth-order valence-electron chi connectivity index (χ4n) is 1.79. The lowest BCUT2D eigenvalue weighted by Crippen LogP contribution is -2.23. The van der Waals surface area contributed by atoms with E-state index in [0.29, 0.717) is 6.04 Å². The molecule has 0 aliphatic carbocycles. The van der Waals surface area contributed by atoms with E-state index in [-0.39, 0.29) is 6.04 Å². The molecule has 4 nitrogen and oxygen atoms in total. The lowest BCUT2D eigenvalue weighted by Gasteiger charge is -2.13. The van der Waals surface area contributed by atoms with Gasteiger partial charge in [-0.15, -0.1) is 0 Å². The Hall–Kier alpha value is -1.07. The van der Waals surface area contributed by atoms with Gasteiger partial charge in [0.1, 0.15) is 0 Å². The Kier molecular flexibility index (Phi) is 5.01. The summed E-state index contributed by atoms with van der Waals surface area (Å²) in [5.41, 5.74) is 1.04. The first kappa shape index (κ1) is 13.4. The predicted molar refractivity (Wildman–Crippen MR) is 76.0 cm³/mol. The summed E-state index contributed by atoms with van der Waals surface area (Å²) >= 11 is 1.78. The van der Waals surface area contributed by atoms with E-state index in [1.807, 2.05) is 24.4 Å². The molecule has 0 saturated carbocycles. The maximum absolute atomic E-state index is 5.08. The molecular weight excluding hydrogens is 246 g/mol. The predicted octanol–water partition coefficient (Wildman–Crippen LogP) is 2.24. The molecule has 0 spiro atoms. The Bertz CT molecular complexity index is 396. The van der Waals surface area contributed by atoms with Gasteiger partial charge in [-0.2, -0.15) is 0 Å². The second kappa shape index (κ2) is 6.75. The minimum atomic E-state index is 0.193. The smallest absolute Gasteiger partial charge is 0.157 e. The van der Waals surface area contributed by atoms with Gasteiger partial charge in [0.25, 0.3) is 0 Å². The molecule has 0 radical (unpaired) electrons. The summed E-state index contributed by atoms with van der Waals surface area (Å²) in [4.78, 5) is 8.99. The van der Waals surface area contributed by atoms with E-state index in [4.69, 9.17) is 4.74 Å². The molecule has 0 saturated heterocycles. The number of rotatable bonds is 5. The molecule has 2 heterocycles. The van der Waals surface area contributed by atoms with Crippen molar-refractivity contribution >= 4 is 16.9 Å². The van der Waals surface area contributed by atoms with Crippen molar-refractivity contribution in [3.05, 3.63) is 30.1 Å². The summed E-state index contributed by atoms with van der Waals surface area (Å²) in [5, 5.41) is 4.43. The first-order valence-corrected chi connectivity index (χ1v) is 7.15. The van der Waals surface area contributed by atoms with Crippen LogP contribution in [0.3, 0.4) is 0 Å². The van der Waals surface area contributed by atoms with E-state index in [0.717, 1.165) is 29.6 Å². The van der Waals surface area contributed by atoms with Gasteiger partial charge in [0, 0.05) is 25.7 Å². The molecule has 1 aliphatic rings. The van der Waals surface area contributed by atoms with Crippen LogP contribution in [0.15, 0.2) is 29.4 Å². The standard InChI is InChI=1S/C13H19N3OS/c1-10(12-5-3-4-7-14-12)15-13-16-11(9-18-13)6-8-17-2/h3-5,7,10-11H,6,8-9H2,1-2H3,(H,15,16). The van der Waals surface area contributed by atoms with Gasteiger partial charge in [0.2, 0.25) is 0 Å². The first-order valence-electron chi connectivity index (χ1n) is 6.16. The molecule has 98 valence electrons. The number of methoxy groups -OCH3 is 1. The Morgan fingerprint density at radius 2 is 2.44 bits per heavy atom. The van der Waals surface area contributed by atoms with Crippen LogP contribution < -0.4 is 5.32 Å². The largest absolute Gasteiger partial charge is 0.385 e. The van der Waals surface area contributed by atoms with Crippen LogP contribution in [-0.2, 0) is 4.74 Å². The average molecular weight is 265 g/mol. The van der Waals surface area contributed by atoms with Crippen molar-refractivity contribution in [2.24, 2.45) is 4.99 Å². The van der Waals surface area contributed by atoms with E-state index < -0.39 is 0 Å². The Morgan fingerprint density at radius 1 is 1.56 bits per heavy atom. The maximum Gasteiger partial charge on any atom is 0.157 e. The molecule has 2 unspecified atom stereocenters. The summed E-state index contributed by atoms with van der Waals surface area (Å²) in [6.45, 7) is 2.88. The first-order chi connectivity index (χ1) is 8.79. The van der Waals surface area contributed by atoms with Crippen LogP contribution >= 0.6 is 11.8 Å². The summed E-state index contributed by atoms with van der Waals surface area (Å²) in [6.07, 6.45) is 2.81. The van der Waals surface area contributed by atoms with Crippen molar-refractivity contribution in [1.82, 2.24) is 10.3 Å². The molecular formula is C13H19N3OS. The van der Waals surface area contributed by atoms with Crippen molar-refractivity contribution in [2.75, 3.05) is 19.5 Å². The molecule has 1 aromatic heterocycles. The summed E-state index contributed by atoms with van der Waals surface area (Å²) in [5.74, 6) is 1.04. The average Bonchev–Trinajstić information content (AvgIpc) is 2.85. The highest BCUT2D eigenvalue weighted by Gasteiger charge is 2.19. The van der Waals surface area contributed by atoms with Crippen LogP contribution in [0.25, 0.3) is 0 Å². The Labute approximate surface area is 112 Å². The number of aromatic nitrogens is 1. The highest BCUT2D eigenvalue weighted by Crippen LogP contribution is 2.21. The zero-order valence-electron chi connectivity index (χ0n) is 10.8. The second-order valence-electron chi connectivity index (χ2n) is 4.30. The van der Waals surface area contributed by atoms with Crippen molar-refractivity contribution < 1.29 is 4.74 Å². The van der Waals surface area contributed by atoms with Gasteiger partial charge in [-0.1, -0.05) is 17.8 Å². The fraction of sp³-hybridized carbons (Fsp3) is 0.538. The Balaban J connectivity index is 1.87. The highest BCUT2D eigenvalue weighted by atomic mass is 32.2. The molecule has 2 atom stereocenters. The zero-order valence-corrected chi connectivity index (χ0v) is 11.6. The third-order valence-corrected chi connectivity index (χ3v) is 3.89. The number of nitrogens with zero attached hydrogens (tertiary/aromatic N) is 2. The fourth-order valence-corrected chi connectivity index (χ4v) is 2.86. The second-order valence-corrected chi connectivity index (χ2v) is 5.31. The molecule has 1 N–H and O–H groups in total. The number of thioether (sulfide) groups is 1. The molecule has 0 fully saturated rings. The van der Waals surface area contributed by atoms with E-state index in [1.54, 1.807) is 18.9 Å². The van der Waals surface area contributed by atoms with Crippen molar-refractivity contribution in [2.45, 2.75) is 25.4 Å². The lowest BCUT2D eigenvalue weighted by atomic mass is 10.2. The molecule has 0 bridgehead atoms. The monoisotopic (exact) mass is 265 g/mol. The van der Waals surface area contributed by atoms with Crippen LogP contribution in [-0.4, -0.2) is 35.7 Å². The quantitative estimate of drug-likeness (QED) is 0.887. The van der Waals surface area contributed by atoms with Crippen molar-refractivity contribution in [1.29, 1.82) is 0 Å². The number of aliphatic imine (C=N–C) groups is 1. The van der Waals surface area contributed by atoms with E-state index in [2.05, 4.69) is 22.2 Å². The van der Waals surface area contributed by atoms with E-state index >= 15 is 0 Å². The summed E-state index contributed by atoms with van der Waals surface area (Å²) in [7, 11) is 1.73. The molecule has 5 heteroatoms. The van der Waals surface area contributed by atoms with Gasteiger partial charge < -0.3 is 10.1 Å². The SMILES string of the molecule is COCCC1CSC(NC(C)c2ccccn2)=N1. The van der Waals surface area contributed by atoms with Crippen LogP contribution in [0.1, 0.15) is 25.1 Å². The molecule has 0 amide bonds. The van der Waals surface area contributed by atoms with Crippen LogP contribution in [0.5, 0.6) is 0 Å². The van der Waals surface area contributed by atoms with Crippen LogP contribution in [0.2, 0.25) is 0 Å². The van der Waals surface area contributed by atoms with Crippen LogP contribution in [0, 0.1) is 0 Å². The third kappa shape index (κ3) is 3.71. The summed E-state index contributed by atoms with van der Waals surface area (Å²) in [6, 6.07) is 6.54. The Morgan fingerprint density at radius 3 is 3.17 bits per heavy atom. The molecule has 2 rings (SSSR count). The van der Waals surface area contributed by atoms with Crippen molar-refractivity contribution in [3.8, 4) is 0 Å². The molecule has 18 heavy (non-hydrogen) atoms. The van der Waals surface area contributed by atoms with Gasteiger partial charge in [0.15, 0.2) is 5.17 Å². The zero-order chi connectivity index (χ0) is 12.8. The minimum Gasteiger partial charge on any atom is -0.385 e. The van der Waals surface area contributed by atoms with Crippen molar-refractivity contribution in [3.63, 3.8) is 0 Å². The lowest BCUT2D eigenvalue weighted by molar-refractivity contribution is 0.190. The normalized spacial score (nSPS) is 20.6. The molecule has 0 aromatic carbocycles. The molecule has 1 aliphatic heterocycles. The number of ether oxygens (including phenoxy) is 1. The topological polar surface area (TPSA) is 46.5 Å². The van der Waals surface area contributed by atoms with Gasteiger partial charge in [-0.3, -0.25) is 9.98 Å². The number of hydrogen-bond donors (Lipinski definition) is 1. The van der Waals surface area contributed by atoms with Gasteiger partial charge >= 0.3 is 0 Å². The number of amidine groups is 1. The van der Waals surface area contributed by atoms with Crippen LogP contribution in [0.4, 0.5) is 0 Å². The third-order valence-electron chi connectivity index (χ3n) is 2.84. The van der Waals surface area contributed by atoms with Gasteiger partial charge in [0.05, 0.1) is 17.8 Å². The van der Waals surface area contributed by atoms with Gasteiger partial charge in [-0.05, 0) is 25.5 Å². The summed E-state index contributed by atoms with van der Waals surface area (Å²) < 4.78 is 5.08. The van der Waals surface area contributed by atoms with Gasteiger partial charge in [-0.25, -0.2) is 0 Å².